The van der Waals surface area contributed by atoms with E-state index in [1.807, 2.05) is 24.3 Å². The molecule has 148 valence electrons. The summed E-state index contributed by atoms with van der Waals surface area (Å²) in [5.41, 5.74) is 0.914. The van der Waals surface area contributed by atoms with E-state index < -0.39 is 11.9 Å². The highest BCUT2D eigenvalue weighted by atomic mass is 16.5. The van der Waals surface area contributed by atoms with E-state index in [1.165, 1.54) is 19.3 Å². The van der Waals surface area contributed by atoms with Gasteiger partial charge in [-0.3, -0.25) is 9.59 Å². The van der Waals surface area contributed by atoms with Gasteiger partial charge in [0.2, 0.25) is 0 Å². The molecule has 0 aliphatic rings. The van der Waals surface area contributed by atoms with Crippen LogP contribution < -0.4 is 4.74 Å². The highest BCUT2D eigenvalue weighted by Crippen LogP contribution is 2.18. The lowest BCUT2D eigenvalue weighted by Gasteiger charge is -2.12. The van der Waals surface area contributed by atoms with Crippen molar-refractivity contribution in [3.8, 4) is 17.6 Å². The van der Waals surface area contributed by atoms with Crippen molar-refractivity contribution >= 4 is 11.9 Å². The van der Waals surface area contributed by atoms with E-state index in [9.17, 15) is 9.59 Å². The van der Waals surface area contributed by atoms with Gasteiger partial charge in [0.05, 0.1) is 6.61 Å². The van der Waals surface area contributed by atoms with Crippen LogP contribution in [0.1, 0.15) is 70.3 Å². The highest BCUT2D eigenvalue weighted by Gasteiger charge is 2.16. The summed E-state index contributed by atoms with van der Waals surface area (Å²) in [7, 11) is 0. The molecule has 0 fully saturated rings. The van der Waals surface area contributed by atoms with Gasteiger partial charge in [-0.05, 0) is 43.4 Å². The molecule has 1 aromatic rings. The molecule has 0 heterocycles. The molecule has 0 spiro atoms. The monoisotopic (exact) mass is 374 g/mol. The van der Waals surface area contributed by atoms with Crippen LogP contribution in [0.2, 0.25) is 0 Å². The first-order valence-corrected chi connectivity index (χ1v) is 9.66. The topological polar surface area (TPSA) is 83.8 Å². The summed E-state index contributed by atoms with van der Waals surface area (Å²) in [6.45, 7) is 2.61. The van der Waals surface area contributed by atoms with Gasteiger partial charge in [0, 0.05) is 24.8 Å². The minimum Gasteiger partial charge on any atom is -0.494 e. The molecular formula is C22H30O5. The minimum absolute atomic E-state index is 0.129. The highest BCUT2D eigenvalue weighted by molar-refractivity contribution is 5.70. The fourth-order valence-corrected chi connectivity index (χ4v) is 2.80. The molecule has 0 aliphatic carbocycles. The lowest BCUT2D eigenvalue weighted by atomic mass is 9.96. The van der Waals surface area contributed by atoms with Crippen molar-refractivity contribution in [2.45, 2.75) is 64.7 Å². The number of hydrogen-bond acceptors (Lipinski definition) is 3. The van der Waals surface area contributed by atoms with E-state index in [4.69, 9.17) is 14.9 Å². The van der Waals surface area contributed by atoms with E-state index >= 15 is 0 Å². The zero-order chi connectivity index (χ0) is 19.9. The van der Waals surface area contributed by atoms with Crippen LogP contribution in [0.3, 0.4) is 0 Å². The third-order valence-corrected chi connectivity index (χ3v) is 4.17. The largest absolute Gasteiger partial charge is 0.494 e. The van der Waals surface area contributed by atoms with Crippen LogP contribution in [0, 0.1) is 17.8 Å². The molecule has 5 nitrogen and oxygen atoms in total. The Morgan fingerprint density at radius 3 is 2.48 bits per heavy atom. The van der Waals surface area contributed by atoms with Gasteiger partial charge in [-0.2, -0.15) is 0 Å². The quantitative estimate of drug-likeness (QED) is 0.385. The lowest BCUT2D eigenvalue weighted by molar-refractivity contribution is -0.140. The molecule has 2 N–H and O–H groups in total. The maximum absolute atomic E-state index is 10.8. The van der Waals surface area contributed by atoms with Crippen molar-refractivity contribution in [1.29, 1.82) is 0 Å². The maximum Gasteiger partial charge on any atom is 0.303 e. The van der Waals surface area contributed by atoms with Gasteiger partial charge in [-0.25, -0.2) is 0 Å². The first kappa shape index (κ1) is 22.6. The lowest BCUT2D eigenvalue weighted by Crippen LogP contribution is -2.13. The normalized spacial score (nSPS) is 10.3. The second kappa shape index (κ2) is 13.7. The van der Waals surface area contributed by atoms with Gasteiger partial charge in [-0.1, -0.05) is 44.1 Å². The molecule has 27 heavy (non-hydrogen) atoms. The third-order valence-electron chi connectivity index (χ3n) is 4.17. The molecule has 1 rings (SSSR count). The summed E-state index contributed by atoms with van der Waals surface area (Å²) in [6, 6.07) is 7.60. The van der Waals surface area contributed by atoms with E-state index in [-0.39, 0.29) is 18.8 Å². The average molecular weight is 374 g/mol. The predicted molar refractivity (Wildman–Crippen MR) is 105 cm³/mol. The summed E-state index contributed by atoms with van der Waals surface area (Å²) < 4.78 is 5.70. The van der Waals surface area contributed by atoms with Crippen LogP contribution in [-0.4, -0.2) is 28.8 Å². The van der Waals surface area contributed by atoms with Crippen LogP contribution in [0.25, 0.3) is 0 Å². The van der Waals surface area contributed by atoms with Crippen molar-refractivity contribution < 1.29 is 24.5 Å². The van der Waals surface area contributed by atoms with Crippen molar-refractivity contribution in [3.63, 3.8) is 0 Å². The van der Waals surface area contributed by atoms with Crippen molar-refractivity contribution in [1.82, 2.24) is 0 Å². The number of unbranched alkanes of at least 4 members (excludes halogenated alkanes) is 4. The molecule has 0 radical (unpaired) electrons. The van der Waals surface area contributed by atoms with E-state index in [1.54, 1.807) is 0 Å². The summed E-state index contributed by atoms with van der Waals surface area (Å²) in [4.78, 5) is 21.6. The number of rotatable bonds is 13. The summed E-state index contributed by atoms with van der Waals surface area (Å²) >= 11 is 0. The summed E-state index contributed by atoms with van der Waals surface area (Å²) in [5, 5.41) is 17.7. The Balaban J connectivity index is 2.38. The summed E-state index contributed by atoms with van der Waals surface area (Å²) in [6.07, 6.45) is 6.59. The molecule has 1 aromatic carbocycles. The third kappa shape index (κ3) is 11.7. The van der Waals surface area contributed by atoms with Crippen LogP contribution in [0.5, 0.6) is 5.75 Å². The smallest absolute Gasteiger partial charge is 0.303 e. The van der Waals surface area contributed by atoms with Gasteiger partial charge in [0.25, 0.3) is 0 Å². The Morgan fingerprint density at radius 1 is 1.07 bits per heavy atom. The predicted octanol–water partition coefficient (Wildman–Crippen LogP) is 4.73. The molecule has 0 amide bonds. The van der Waals surface area contributed by atoms with E-state index in [0.717, 1.165) is 24.2 Å². The Labute approximate surface area is 161 Å². The first-order chi connectivity index (χ1) is 13.0. The Bertz CT molecular complexity index is 626. The standard InChI is InChI=1S/C22H30O5/c1-2-3-4-5-6-7-10-18-11-8-13-20(15-18)27-14-9-12-19(16-21(23)24)17-22(25)26/h8,11,13,15,19H,2-6,9,12,14,16-17H2,1H3,(H,23,24)(H,25,26). The minimum atomic E-state index is -0.969. The van der Waals surface area contributed by atoms with E-state index in [0.29, 0.717) is 19.4 Å². The fraction of sp³-hybridized carbons (Fsp3) is 0.545. The van der Waals surface area contributed by atoms with Gasteiger partial charge in [0.15, 0.2) is 0 Å². The Kier molecular flexibility index (Phi) is 11.4. The number of ether oxygens (including phenoxy) is 1. The number of carboxylic acids is 2. The molecule has 5 heteroatoms. The van der Waals surface area contributed by atoms with Crippen LogP contribution >= 0.6 is 0 Å². The second-order valence-electron chi connectivity index (χ2n) is 6.69. The van der Waals surface area contributed by atoms with Gasteiger partial charge >= 0.3 is 11.9 Å². The number of carboxylic acid groups (broad SMARTS) is 2. The van der Waals surface area contributed by atoms with Gasteiger partial charge in [0.1, 0.15) is 5.75 Å². The number of aliphatic carboxylic acids is 2. The molecule has 0 atom stereocenters. The number of hydrogen-bond donors (Lipinski definition) is 2. The zero-order valence-corrected chi connectivity index (χ0v) is 16.1. The van der Waals surface area contributed by atoms with Crippen LogP contribution in [-0.2, 0) is 9.59 Å². The zero-order valence-electron chi connectivity index (χ0n) is 16.1. The van der Waals surface area contributed by atoms with Crippen molar-refractivity contribution in [2.75, 3.05) is 6.61 Å². The van der Waals surface area contributed by atoms with Crippen molar-refractivity contribution in [2.24, 2.45) is 5.92 Å². The Morgan fingerprint density at radius 2 is 1.81 bits per heavy atom. The van der Waals surface area contributed by atoms with Crippen molar-refractivity contribution in [3.05, 3.63) is 29.8 Å². The molecular weight excluding hydrogens is 344 g/mol. The number of carbonyl (C=O) groups is 2. The summed E-state index contributed by atoms with van der Waals surface area (Å²) in [5.74, 6) is 4.76. The first-order valence-electron chi connectivity index (χ1n) is 9.66. The number of benzene rings is 1. The Hall–Kier alpha value is -2.48. The molecule has 0 saturated carbocycles. The molecule has 0 aromatic heterocycles. The van der Waals surface area contributed by atoms with Crippen LogP contribution in [0.4, 0.5) is 0 Å². The molecule has 0 aliphatic heterocycles. The van der Waals surface area contributed by atoms with Gasteiger partial charge in [-0.15, -0.1) is 0 Å². The maximum atomic E-state index is 10.8. The van der Waals surface area contributed by atoms with E-state index in [2.05, 4.69) is 18.8 Å². The average Bonchev–Trinajstić information content (AvgIpc) is 2.61. The second-order valence-corrected chi connectivity index (χ2v) is 6.69. The molecule has 0 saturated heterocycles. The molecule has 0 bridgehead atoms. The fourth-order valence-electron chi connectivity index (χ4n) is 2.80. The molecule has 0 unspecified atom stereocenters. The van der Waals surface area contributed by atoms with Crippen LogP contribution in [0.15, 0.2) is 24.3 Å². The van der Waals surface area contributed by atoms with Gasteiger partial charge < -0.3 is 14.9 Å². The SMILES string of the molecule is CCCCCCC#Cc1cccc(OCCCC(CC(=O)O)CC(=O)O)c1.